The Labute approximate surface area is 113 Å². The number of oxazole rings is 1. The van der Waals surface area contributed by atoms with Gasteiger partial charge in [-0.2, -0.15) is 0 Å². The molecule has 0 spiro atoms. The van der Waals surface area contributed by atoms with E-state index in [0.717, 1.165) is 12.8 Å². The lowest BCUT2D eigenvalue weighted by Crippen LogP contribution is -2.27. The normalized spacial score (nSPS) is 12.4. The molecule has 104 valence electrons. The lowest BCUT2D eigenvalue weighted by molar-refractivity contribution is 0.459. The van der Waals surface area contributed by atoms with Gasteiger partial charge < -0.3 is 4.42 Å². The summed E-state index contributed by atoms with van der Waals surface area (Å²) in [5, 5.41) is 0. The van der Waals surface area contributed by atoms with Gasteiger partial charge in [0.05, 0.1) is 4.90 Å². The molecule has 5 nitrogen and oxygen atoms in total. The minimum Gasteiger partial charge on any atom is -0.441 e. The number of aryl methyl sites for hydroxylation is 1. The highest BCUT2D eigenvalue weighted by Crippen LogP contribution is 2.21. The van der Waals surface area contributed by atoms with Crippen LogP contribution in [-0.4, -0.2) is 31.3 Å². The van der Waals surface area contributed by atoms with E-state index in [1.54, 1.807) is 32.2 Å². The molecule has 0 atom stereocenters. The minimum atomic E-state index is -3.44. The number of aromatic nitrogens is 1. The molecule has 2 rings (SSSR count). The molecule has 1 aromatic heterocycles. The molecule has 0 aliphatic carbocycles. The molecule has 0 aliphatic rings. The maximum Gasteiger partial charge on any atom is 0.242 e. The largest absolute Gasteiger partial charge is 0.441 e. The number of unbranched alkanes of at least 4 members (excludes halogenated alkanes) is 1. The van der Waals surface area contributed by atoms with E-state index in [4.69, 9.17) is 4.42 Å². The van der Waals surface area contributed by atoms with Crippen LogP contribution in [0.25, 0.3) is 11.1 Å². The third-order valence-corrected chi connectivity index (χ3v) is 4.85. The van der Waals surface area contributed by atoms with Crippen molar-refractivity contribution in [2.45, 2.75) is 31.6 Å². The highest BCUT2D eigenvalue weighted by atomic mass is 32.2. The standard InChI is InChI=1S/C13H18N2O3S/c1-4-5-8-15(3)19(16,17)11-6-7-13-12(9-11)14-10(2)18-13/h6-7,9H,4-5,8H2,1-3H3. The van der Waals surface area contributed by atoms with Crippen molar-refractivity contribution in [2.24, 2.45) is 0 Å². The van der Waals surface area contributed by atoms with E-state index >= 15 is 0 Å². The van der Waals surface area contributed by atoms with E-state index in [1.165, 1.54) is 4.31 Å². The zero-order valence-electron chi connectivity index (χ0n) is 11.4. The molecule has 0 saturated carbocycles. The Morgan fingerprint density at radius 2 is 2.11 bits per heavy atom. The molecule has 19 heavy (non-hydrogen) atoms. The zero-order valence-corrected chi connectivity index (χ0v) is 12.2. The number of nitrogens with zero attached hydrogens (tertiary/aromatic N) is 2. The van der Waals surface area contributed by atoms with Crippen LogP contribution < -0.4 is 0 Å². The fourth-order valence-electron chi connectivity index (χ4n) is 1.86. The van der Waals surface area contributed by atoms with Crippen LogP contribution in [0.3, 0.4) is 0 Å². The van der Waals surface area contributed by atoms with E-state index in [9.17, 15) is 8.42 Å². The third-order valence-electron chi connectivity index (χ3n) is 3.00. The Morgan fingerprint density at radius 1 is 1.37 bits per heavy atom. The predicted molar refractivity (Wildman–Crippen MR) is 73.5 cm³/mol. The SMILES string of the molecule is CCCCN(C)S(=O)(=O)c1ccc2oc(C)nc2c1. The highest BCUT2D eigenvalue weighted by Gasteiger charge is 2.21. The topological polar surface area (TPSA) is 63.4 Å². The van der Waals surface area contributed by atoms with Crippen molar-refractivity contribution in [2.75, 3.05) is 13.6 Å². The molecule has 0 saturated heterocycles. The van der Waals surface area contributed by atoms with Crippen LogP contribution >= 0.6 is 0 Å². The van der Waals surface area contributed by atoms with Crippen LogP contribution in [0.2, 0.25) is 0 Å². The van der Waals surface area contributed by atoms with Crippen molar-refractivity contribution in [3.8, 4) is 0 Å². The first-order chi connectivity index (χ1) is 8.95. The average molecular weight is 282 g/mol. The maximum atomic E-state index is 12.4. The Morgan fingerprint density at radius 3 is 2.79 bits per heavy atom. The van der Waals surface area contributed by atoms with Crippen LogP contribution in [0.15, 0.2) is 27.5 Å². The molecule has 6 heteroatoms. The van der Waals surface area contributed by atoms with Gasteiger partial charge in [-0.05, 0) is 24.6 Å². The molecule has 1 heterocycles. The molecule has 0 aliphatic heterocycles. The number of hydrogen-bond donors (Lipinski definition) is 0. The van der Waals surface area contributed by atoms with Gasteiger partial charge in [0.15, 0.2) is 11.5 Å². The Kier molecular flexibility index (Phi) is 3.91. The lowest BCUT2D eigenvalue weighted by Gasteiger charge is -2.16. The van der Waals surface area contributed by atoms with Gasteiger partial charge in [0.1, 0.15) is 5.52 Å². The van der Waals surface area contributed by atoms with E-state index in [-0.39, 0.29) is 4.90 Å². The van der Waals surface area contributed by atoms with Crippen molar-refractivity contribution in [1.29, 1.82) is 0 Å². The summed E-state index contributed by atoms with van der Waals surface area (Å²) in [7, 11) is -1.84. The third kappa shape index (κ3) is 2.79. The monoisotopic (exact) mass is 282 g/mol. The van der Waals surface area contributed by atoms with E-state index < -0.39 is 10.0 Å². The zero-order chi connectivity index (χ0) is 14.0. The van der Waals surface area contributed by atoms with Crippen LogP contribution in [-0.2, 0) is 10.0 Å². The van der Waals surface area contributed by atoms with Gasteiger partial charge in [-0.1, -0.05) is 13.3 Å². The average Bonchev–Trinajstić information content (AvgIpc) is 2.74. The van der Waals surface area contributed by atoms with Gasteiger partial charge in [-0.25, -0.2) is 17.7 Å². The first-order valence-corrected chi connectivity index (χ1v) is 7.72. The summed E-state index contributed by atoms with van der Waals surface area (Å²) in [5.74, 6) is 0.531. The first-order valence-electron chi connectivity index (χ1n) is 6.28. The van der Waals surface area contributed by atoms with E-state index in [0.29, 0.717) is 23.5 Å². The van der Waals surface area contributed by atoms with Gasteiger partial charge in [-0.3, -0.25) is 0 Å². The van der Waals surface area contributed by atoms with E-state index in [1.807, 2.05) is 6.92 Å². The Bertz CT molecular complexity index is 676. The molecule has 0 radical (unpaired) electrons. The molecule has 0 fully saturated rings. The maximum absolute atomic E-state index is 12.4. The molecule has 0 N–H and O–H groups in total. The smallest absolute Gasteiger partial charge is 0.242 e. The first kappa shape index (κ1) is 14.0. The molecular formula is C13H18N2O3S. The van der Waals surface area contributed by atoms with Gasteiger partial charge in [0.25, 0.3) is 0 Å². The summed E-state index contributed by atoms with van der Waals surface area (Å²) >= 11 is 0. The minimum absolute atomic E-state index is 0.256. The van der Waals surface area contributed by atoms with Crippen LogP contribution in [0.4, 0.5) is 0 Å². The van der Waals surface area contributed by atoms with Gasteiger partial charge >= 0.3 is 0 Å². The second kappa shape index (κ2) is 5.30. The van der Waals surface area contributed by atoms with Crippen molar-refractivity contribution in [3.63, 3.8) is 0 Å². The molecule has 1 aromatic carbocycles. The molecule has 0 amide bonds. The quantitative estimate of drug-likeness (QED) is 0.845. The Hall–Kier alpha value is -1.40. The van der Waals surface area contributed by atoms with Crippen LogP contribution in [0.5, 0.6) is 0 Å². The summed E-state index contributed by atoms with van der Waals surface area (Å²) < 4.78 is 31.4. The number of benzene rings is 1. The van der Waals surface area contributed by atoms with Gasteiger partial charge in [0.2, 0.25) is 10.0 Å². The molecule has 0 unspecified atom stereocenters. The van der Waals surface area contributed by atoms with Crippen molar-refractivity contribution < 1.29 is 12.8 Å². The molecule has 0 bridgehead atoms. The number of rotatable bonds is 5. The second-order valence-corrected chi connectivity index (χ2v) is 6.59. The van der Waals surface area contributed by atoms with E-state index in [2.05, 4.69) is 4.98 Å². The van der Waals surface area contributed by atoms with Crippen molar-refractivity contribution >= 4 is 21.1 Å². The fourth-order valence-corrected chi connectivity index (χ4v) is 3.09. The molecular weight excluding hydrogens is 264 g/mol. The predicted octanol–water partition coefficient (Wildman–Crippen LogP) is 2.56. The fraction of sp³-hybridized carbons (Fsp3) is 0.462. The highest BCUT2D eigenvalue weighted by molar-refractivity contribution is 7.89. The lowest BCUT2D eigenvalue weighted by atomic mass is 10.3. The summed E-state index contributed by atoms with van der Waals surface area (Å²) in [6, 6.07) is 4.77. The van der Waals surface area contributed by atoms with Gasteiger partial charge in [-0.15, -0.1) is 0 Å². The number of hydrogen-bond acceptors (Lipinski definition) is 4. The number of fused-ring (bicyclic) bond motifs is 1. The number of sulfonamides is 1. The van der Waals surface area contributed by atoms with Crippen molar-refractivity contribution in [3.05, 3.63) is 24.1 Å². The summed E-state index contributed by atoms with van der Waals surface area (Å²) in [6.07, 6.45) is 1.81. The molecule has 2 aromatic rings. The Balaban J connectivity index is 2.36. The van der Waals surface area contributed by atoms with Gasteiger partial charge in [0, 0.05) is 20.5 Å². The summed E-state index contributed by atoms with van der Waals surface area (Å²) in [5.41, 5.74) is 1.18. The second-order valence-electron chi connectivity index (χ2n) is 4.54. The van der Waals surface area contributed by atoms with Crippen molar-refractivity contribution in [1.82, 2.24) is 9.29 Å². The summed E-state index contributed by atoms with van der Waals surface area (Å²) in [4.78, 5) is 4.42. The summed E-state index contributed by atoms with van der Waals surface area (Å²) in [6.45, 7) is 4.29. The van der Waals surface area contributed by atoms with Crippen LogP contribution in [0, 0.1) is 6.92 Å². The van der Waals surface area contributed by atoms with Crippen LogP contribution in [0.1, 0.15) is 25.7 Å².